The number of nitrogens with one attached hydrogen (secondary N) is 1. The number of pyridine rings is 1. The van der Waals surface area contributed by atoms with E-state index in [1.54, 1.807) is 6.92 Å². The first-order valence-electron chi connectivity index (χ1n) is 5.46. The van der Waals surface area contributed by atoms with Crippen LogP contribution in [0.4, 0.5) is 15.8 Å². The second kappa shape index (κ2) is 5.24. The van der Waals surface area contributed by atoms with Gasteiger partial charge in [-0.2, -0.15) is 0 Å². The summed E-state index contributed by atoms with van der Waals surface area (Å²) in [6, 6.07) is 5.55. The van der Waals surface area contributed by atoms with E-state index in [1.165, 1.54) is 24.4 Å². The minimum Gasteiger partial charge on any atom is -0.397 e. The lowest BCUT2D eigenvalue weighted by atomic mass is 10.1. The molecule has 0 unspecified atom stereocenters. The zero-order valence-electron chi connectivity index (χ0n) is 10.1. The summed E-state index contributed by atoms with van der Waals surface area (Å²) < 4.78 is 13.3. The molecule has 0 aliphatic heterocycles. The van der Waals surface area contributed by atoms with Crippen LogP contribution in [0.2, 0.25) is 5.02 Å². The fraction of sp³-hybridized carbons (Fsp3) is 0.0769. The van der Waals surface area contributed by atoms with Gasteiger partial charge in [0, 0.05) is 5.69 Å². The number of amides is 1. The first kappa shape index (κ1) is 13.3. The number of nitrogens with zero attached hydrogens (tertiary/aromatic N) is 1. The van der Waals surface area contributed by atoms with Crippen LogP contribution in [-0.2, 0) is 0 Å². The Labute approximate surface area is 114 Å². The molecule has 1 aromatic carbocycles. The number of hydrogen-bond donors (Lipinski definition) is 2. The summed E-state index contributed by atoms with van der Waals surface area (Å²) in [6.07, 6.45) is 1.47. The molecule has 0 bridgehead atoms. The van der Waals surface area contributed by atoms with Gasteiger partial charge in [-0.05, 0) is 31.2 Å². The fourth-order valence-electron chi connectivity index (χ4n) is 1.55. The van der Waals surface area contributed by atoms with E-state index in [4.69, 9.17) is 17.3 Å². The number of aromatic nitrogens is 1. The van der Waals surface area contributed by atoms with Crippen LogP contribution in [0.15, 0.2) is 30.5 Å². The van der Waals surface area contributed by atoms with Crippen molar-refractivity contribution in [1.82, 2.24) is 4.98 Å². The molecule has 0 spiro atoms. The van der Waals surface area contributed by atoms with E-state index < -0.39 is 11.7 Å². The Balaban J connectivity index is 2.25. The molecule has 0 atom stereocenters. The van der Waals surface area contributed by atoms with Crippen molar-refractivity contribution in [3.63, 3.8) is 0 Å². The molecule has 0 aliphatic rings. The van der Waals surface area contributed by atoms with Gasteiger partial charge in [-0.3, -0.25) is 9.78 Å². The van der Waals surface area contributed by atoms with E-state index in [1.807, 2.05) is 0 Å². The summed E-state index contributed by atoms with van der Waals surface area (Å²) in [4.78, 5) is 16.0. The van der Waals surface area contributed by atoms with Crippen LogP contribution >= 0.6 is 11.6 Å². The molecular formula is C13H11ClFN3O. The van der Waals surface area contributed by atoms with Crippen molar-refractivity contribution in [2.24, 2.45) is 0 Å². The Hall–Kier alpha value is -2.14. The monoisotopic (exact) mass is 279 g/mol. The van der Waals surface area contributed by atoms with E-state index >= 15 is 0 Å². The lowest BCUT2D eigenvalue weighted by molar-refractivity contribution is 0.102. The first-order valence-corrected chi connectivity index (χ1v) is 5.83. The third-order valence-corrected chi connectivity index (χ3v) is 2.84. The molecule has 98 valence electrons. The molecule has 1 aromatic heterocycles. The van der Waals surface area contributed by atoms with Crippen LogP contribution in [0.5, 0.6) is 0 Å². The van der Waals surface area contributed by atoms with Crippen LogP contribution in [-0.4, -0.2) is 10.9 Å². The molecule has 19 heavy (non-hydrogen) atoms. The van der Waals surface area contributed by atoms with E-state index in [9.17, 15) is 9.18 Å². The number of rotatable bonds is 2. The molecule has 0 radical (unpaired) electrons. The molecule has 2 aromatic rings. The lowest BCUT2D eigenvalue weighted by Crippen LogP contribution is -2.14. The van der Waals surface area contributed by atoms with Gasteiger partial charge in [0.05, 0.1) is 28.2 Å². The van der Waals surface area contributed by atoms with Crippen LogP contribution in [0, 0.1) is 12.7 Å². The highest BCUT2D eigenvalue weighted by Crippen LogP contribution is 2.20. The van der Waals surface area contributed by atoms with Crippen LogP contribution in [0.1, 0.15) is 16.1 Å². The highest BCUT2D eigenvalue weighted by Gasteiger charge is 2.11. The Kier molecular flexibility index (Phi) is 3.66. The van der Waals surface area contributed by atoms with Crippen LogP contribution in [0.3, 0.4) is 0 Å². The maximum Gasteiger partial charge on any atom is 0.257 e. The highest BCUT2D eigenvalue weighted by molar-refractivity contribution is 6.30. The van der Waals surface area contributed by atoms with E-state index in [0.717, 1.165) is 6.07 Å². The number of anilines is 2. The molecule has 0 fully saturated rings. The van der Waals surface area contributed by atoms with Crippen molar-refractivity contribution in [1.29, 1.82) is 0 Å². The summed E-state index contributed by atoms with van der Waals surface area (Å²) in [5.41, 5.74) is 7.17. The molecule has 0 saturated carbocycles. The minimum absolute atomic E-state index is 0.000184. The van der Waals surface area contributed by atoms with Gasteiger partial charge in [-0.15, -0.1) is 0 Å². The van der Waals surface area contributed by atoms with Gasteiger partial charge in [-0.1, -0.05) is 11.6 Å². The Morgan fingerprint density at radius 3 is 2.84 bits per heavy atom. The zero-order chi connectivity index (χ0) is 14.0. The maximum atomic E-state index is 13.3. The van der Waals surface area contributed by atoms with E-state index in [2.05, 4.69) is 10.3 Å². The number of hydrogen-bond acceptors (Lipinski definition) is 3. The molecule has 1 heterocycles. The summed E-state index contributed by atoms with van der Waals surface area (Å²) in [5, 5.41) is 2.56. The van der Waals surface area contributed by atoms with E-state index in [0.29, 0.717) is 22.6 Å². The summed E-state index contributed by atoms with van der Waals surface area (Å²) in [5.74, 6) is -0.999. The quantitative estimate of drug-likeness (QED) is 0.888. The number of carbonyl (C=O) groups is 1. The number of benzene rings is 1. The maximum absolute atomic E-state index is 13.3. The van der Waals surface area contributed by atoms with Gasteiger partial charge in [0.25, 0.3) is 5.91 Å². The second-order valence-electron chi connectivity index (χ2n) is 3.98. The number of nitrogen functional groups attached to an aromatic ring is 1. The van der Waals surface area contributed by atoms with Crippen molar-refractivity contribution in [2.45, 2.75) is 6.92 Å². The second-order valence-corrected chi connectivity index (χ2v) is 4.39. The predicted octanol–water partition coefficient (Wildman–Crippen LogP) is 3.02. The van der Waals surface area contributed by atoms with Gasteiger partial charge in [-0.25, -0.2) is 4.39 Å². The lowest BCUT2D eigenvalue weighted by Gasteiger charge is -2.08. The van der Waals surface area contributed by atoms with Crippen LogP contribution < -0.4 is 11.1 Å². The summed E-state index contributed by atoms with van der Waals surface area (Å²) in [6.45, 7) is 1.69. The van der Waals surface area contributed by atoms with Crippen molar-refractivity contribution in [2.75, 3.05) is 11.1 Å². The third-order valence-electron chi connectivity index (χ3n) is 2.53. The average Bonchev–Trinajstić information content (AvgIpc) is 2.36. The predicted molar refractivity (Wildman–Crippen MR) is 72.7 cm³/mol. The summed E-state index contributed by atoms with van der Waals surface area (Å²) in [7, 11) is 0. The Bertz CT molecular complexity index is 646. The number of halogens is 2. The topological polar surface area (TPSA) is 68.0 Å². The SMILES string of the molecule is Cc1ncc(N)cc1C(=O)Nc1ccc(Cl)c(F)c1. The van der Waals surface area contributed by atoms with Gasteiger partial charge in [0.1, 0.15) is 5.82 Å². The van der Waals surface area contributed by atoms with Crippen molar-refractivity contribution < 1.29 is 9.18 Å². The normalized spacial score (nSPS) is 10.3. The van der Waals surface area contributed by atoms with Crippen molar-refractivity contribution in [3.8, 4) is 0 Å². The molecule has 2 rings (SSSR count). The smallest absolute Gasteiger partial charge is 0.257 e. The van der Waals surface area contributed by atoms with Crippen molar-refractivity contribution in [3.05, 3.63) is 52.6 Å². The standard InChI is InChI=1S/C13H11ClFN3O/c1-7-10(4-8(16)6-17-7)13(19)18-9-2-3-11(14)12(15)5-9/h2-6H,16H2,1H3,(H,18,19). The number of carbonyl (C=O) groups excluding carboxylic acids is 1. The number of nitrogens with two attached hydrogens (primary N) is 1. The van der Waals surface area contributed by atoms with Gasteiger partial charge in [0.15, 0.2) is 0 Å². The number of aryl methyl sites for hydroxylation is 1. The molecule has 1 amide bonds. The first-order chi connectivity index (χ1) is 8.97. The molecule has 4 nitrogen and oxygen atoms in total. The zero-order valence-corrected chi connectivity index (χ0v) is 10.8. The summed E-state index contributed by atoms with van der Waals surface area (Å²) >= 11 is 5.57. The average molecular weight is 280 g/mol. The fourth-order valence-corrected chi connectivity index (χ4v) is 1.67. The van der Waals surface area contributed by atoms with Gasteiger partial charge < -0.3 is 11.1 Å². The molecule has 6 heteroatoms. The van der Waals surface area contributed by atoms with Crippen LogP contribution in [0.25, 0.3) is 0 Å². The van der Waals surface area contributed by atoms with Gasteiger partial charge >= 0.3 is 0 Å². The third kappa shape index (κ3) is 3.00. The van der Waals surface area contributed by atoms with E-state index in [-0.39, 0.29) is 5.02 Å². The highest BCUT2D eigenvalue weighted by atomic mass is 35.5. The Morgan fingerprint density at radius 2 is 2.16 bits per heavy atom. The molecule has 3 N–H and O–H groups in total. The van der Waals surface area contributed by atoms with Crippen molar-refractivity contribution >= 4 is 28.9 Å². The minimum atomic E-state index is -0.595. The van der Waals surface area contributed by atoms with Gasteiger partial charge in [0.2, 0.25) is 0 Å². The Morgan fingerprint density at radius 1 is 1.42 bits per heavy atom. The molecular weight excluding hydrogens is 269 g/mol. The molecule has 0 saturated heterocycles. The largest absolute Gasteiger partial charge is 0.397 e. The molecule has 0 aliphatic carbocycles.